The van der Waals surface area contributed by atoms with Crippen molar-refractivity contribution in [1.29, 1.82) is 0 Å². The van der Waals surface area contributed by atoms with Gasteiger partial charge in [-0.2, -0.15) is 5.01 Å². The Morgan fingerprint density at radius 1 is 1.11 bits per heavy atom. The fourth-order valence-corrected chi connectivity index (χ4v) is 3.71. The molecule has 1 aliphatic heterocycles. The van der Waals surface area contributed by atoms with Gasteiger partial charge in [-0.05, 0) is 55.0 Å². The van der Waals surface area contributed by atoms with Crippen molar-refractivity contribution >= 4 is 46.2 Å². The Morgan fingerprint density at radius 3 is 2.43 bits per heavy atom. The van der Waals surface area contributed by atoms with Gasteiger partial charge in [-0.15, -0.1) is 0 Å². The number of hydrogen-bond donors (Lipinski definition) is 1. The molecule has 1 aliphatic rings. The van der Waals surface area contributed by atoms with Crippen LogP contribution in [0.25, 0.3) is 6.08 Å². The van der Waals surface area contributed by atoms with Crippen molar-refractivity contribution in [2.75, 3.05) is 14.2 Å². The van der Waals surface area contributed by atoms with Crippen molar-refractivity contribution in [2.45, 2.75) is 6.92 Å². The number of ether oxygens (including phenoxy) is 2. The van der Waals surface area contributed by atoms with Gasteiger partial charge in [0.25, 0.3) is 11.8 Å². The first-order valence-corrected chi connectivity index (χ1v) is 9.53. The van der Waals surface area contributed by atoms with E-state index in [4.69, 9.17) is 21.7 Å². The molecule has 0 bridgehead atoms. The third kappa shape index (κ3) is 4.18. The fourth-order valence-electron chi connectivity index (χ4n) is 2.53. The molecule has 0 atom stereocenters. The van der Waals surface area contributed by atoms with Crippen LogP contribution in [0.4, 0.5) is 0 Å². The zero-order chi connectivity index (χ0) is 20.3. The van der Waals surface area contributed by atoms with E-state index in [1.54, 1.807) is 50.6 Å². The van der Waals surface area contributed by atoms with Gasteiger partial charge in [-0.1, -0.05) is 35.5 Å². The number of nitrogens with one attached hydrogen (secondary N) is 1. The van der Waals surface area contributed by atoms with E-state index in [0.29, 0.717) is 22.0 Å². The normalized spacial score (nSPS) is 15.1. The number of carbonyl (C=O) groups excluding carboxylic acids is 2. The summed E-state index contributed by atoms with van der Waals surface area (Å²) < 4.78 is 10.8. The molecule has 8 heteroatoms. The number of aryl methyl sites for hydroxylation is 1. The van der Waals surface area contributed by atoms with Crippen molar-refractivity contribution in [3.8, 4) is 11.5 Å². The Morgan fingerprint density at radius 2 is 1.79 bits per heavy atom. The zero-order valence-corrected chi connectivity index (χ0v) is 17.1. The van der Waals surface area contributed by atoms with E-state index >= 15 is 0 Å². The molecule has 28 heavy (non-hydrogen) atoms. The minimum absolute atomic E-state index is 0.261. The van der Waals surface area contributed by atoms with E-state index in [9.17, 15) is 9.59 Å². The molecule has 0 radical (unpaired) electrons. The summed E-state index contributed by atoms with van der Waals surface area (Å²) in [5, 5.41) is 1.09. The minimum atomic E-state index is -0.399. The summed E-state index contributed by atoms with van der Waals surface area (Å²) in [4.78, 5) is 25.5. The molecule has 1 saturated heterocycles. The minimum Gasteiger partial charge on any atom is -0.493 e. The van der Waals surface area contributed by atoms with Gasteiger partial charge in [0.2, 0.25) is 0 Å². The number of hydrazine groups is 1. The Balaban J connectivity index is 1.78. The second-order valence-electron chi connectivity index (χ2n) is 5.94. The number of thiocarbonyl (C=S) groups is 1. The number of amides is 2. The van der Waals surface area contributed by atoms with Crippen LogP contribution in [0.2, 0.25) is 0 Å². The summed E-state index contributed by atoms with van der Waals surface area (Å²) >= 11 is 6.38. The van der Waals surface area contributed by atoms with Crippen LogP contribution in [0.5, 0.6) is 11.5 Å². The van der Waals surface area contributed by atoms with Gasteiger partial charge in [0.1, 0.15) is 0 Å². The van der Waals surface area contributed by atoms with Crippen molar-refractivity contribution in [3.63, 3.8) is 0 Å². The van der Waals surface area contributed by atoms with Crippen LogP contribution in [0.15, 0.2) is 47.4 Å². The van der Waals surface area contributed by atoms with Crippen LogP contribution in [0.3, 0.4) is 0 Å². The third-order valence-corrected chi connectivity index (χ3v) is 5.33. The van der Waals surface area contributed by atoms with Crippen molar-refractivity contribution in [2.24, 2.45) is 0 Å². The summed E-state index contributed by atoms with van der Waals surface area (Å²) in [5.41, 5.74) is 4.81. The molecular weight excluding hydrogens is 396 g/mol. The standard InChI is InChI=1S/C20H18N2O4S2/c1-12-4-7-14(8-5-12)18(23)21-22-19(24)17(28-20(22)27)11-13-6-9-15(25-2)16(10-13)26-3/h4-11H,1-3H3,(H,21,23). The van der Waals surface area contributed by atoms with E-state index in [2.05, 4.69) is 5.43 Å². The molecule has 1 fully saturated rings. The van der Waals surface area contributed by atoms with Gasteiger partial charge < -0.3 is 9.47 Å². The van der Waals surface area contributed by atoms with Gasteiger partial charge in [0.05, 0.1) is 19.1 Å². The molecule has 1 heterocycles. The van der Waals surface area contributed by atoms with Crippen LogP contribution >= 0.6 is 24.0 Å². The van der Waals surface area contributed by atoms with Crippen molar-refractivity contribution in [1.82, 2.24) is 10.4 Å². The molecule has 2 amide bonds. The van der Waals surface area contributed by atoms with Crippen LogP contribution in [-0.4, -0.2) is 35.4 Å². The quantitative estimate of drug-likeness (QED) is 0.596. The maximum absolute atomic E-state index is 12.7. The molecule has 6 nitrogen and oxygen atoms in total. The predicted molar refractivity (Wildman–Crippen MR) is 113 cm³/mol. The lowest BCUT2D eigenvalue weighted by Gasteiger charge is -2.15. The SMILES string of the molecule is COc1ccc(C=C2SC(=S)N(NC(=O)c3ccc(C)cc3)C2=O)cc1OC. The summed E-state index contributed by atoms with van der Waals surface area (Å²) in [6.07, 6.45) is 1.69. The molecule has 144 valence electrons. The molecule has 0 saturated carbocycles. The number of nitrogens with zero attached hydrogens (tertiary/aromatic N) is 1. The van der Waals surface area contributed by atoms with Crippen molar-refractivity contribution < 1.29 is 19.1 Å². The van der Waals surface area contributed by atoms with Gasteiger partial charge in [0, 0.05) is 5.56 Å². The van der Waals surface area contributed by atoms with Gasteiger partial charge in [0.15, 0.2) is 15.8 Å². The number of benzene rings is 2. The second kappa shape index (κ2) is 8.45. The molecule has 0 aromatic heterocycles. The van der Waals surface area contributed by atoms with Gasteiger partial charge in [-0.25, -0.2) is 0 Å². The van der Waals surface area contributed by atoms with E-state index in [0.717, 1.165) is 27.9 Å². The smallest absolute Gasteiger partial charge is 0.285 e. The molecule has 3 rings (SSSR count). The number of hydrogen-bond acceptors (Lipinski definition) is 6. The predicted octanol–water partition coefficient (Wildman–Crippen LogP) is 3.56. The molecule has 0 unspecified atom stereocenters. The highest BCUT2D eigenvalue weighted by molar-refractivity contribution is 8.26. The van der Waals surface area contributed by atoms with E-state index < -0.39 is 5.91 Å². The monoisotopic (exact) mass is 414 g/mol. The largest absolute Gasteiger partial charge is 0.493 e. The van der Waals surface area contributed by atoms with Crippen LogP contribution in [0, 0.1) is 6.92 Å². The number of carbonyl (C=O) groups is 2. The molecule has 2 aromatic rings. The number of rotatable bonds is 5. The summed E-state index contributed by atoms with van der Waals surface area (Å²) in [6, 6.07) is 12.4. The number of methoxy groups -OCH3 is 2. The van der Waals surface area contributed by atoms with Crippen LogP contribution < -0.4 is 14.9 Å². The fraction of sp³-hybridized carbons (Fsp3) is 0.150. The van der Waals surface area contributed by atoms with Gasteiger partial charge in [-0.3, -0.25) is 15.0 Å². The maximum Gasteiger partial charge on any atom is 0.285 e. The van der Waals surface area contributed by atoms with Gasteiger partial charge >= 0.3 is 0 Å². The molecule has 2 aromatic carbocycles. The Bertz CT molecular complexity index is 971. The van der Waals surface area contributed by atoms with Crippen LogP contribution in [-0.2, 0) is 4.79 Å². The maximum atomic E-state index is 12.7. The Labute approximate surface area is 172 Å². The van der Waals surface area contributed by atoms with Crippen LogP contribution in [0.1, 0.15) is 21.5 Å². The Hall–Kier alpha value is -2.84. The lowest BCUT2D eigenvalue weighted by Crippen LogP contribution is -2.44. The van der Waals surface area contributed by atoms with E-state index in [1.807, 2.05) is 19.1 Å². The molecular formula is C20H18N2O4S2. The highest BCUT2D eigenvalue weighted by atomic mass is 32.2. The summed E-state index contributed by atoms with van der Waals surface area (Å²) in [6.45, 7) is 1.93. The highest BCUT2D eigenvalue weighted by Crippen LogP contribution is 2.34. The average Bonchev–Trinajstić information content (AvgIpc) is 2.95. The topological polar surface area (TPSA) is 67.9 Å². The lowest BCUT2D eigenvalue weighted by atomic mass is 10.1. The first kappa shape index (κ1) is 19.9. The van der Waals surface area contributed by atoms with E-state index in [1.165, 1.54) is 0 Å². The van der Waals surface area contributed by atoms with Crippen molar-refractivity contribution in [3.05, 3.63) is 64.1 Å². The summed E-state index contributed by atoms with van der Waals surface area (Å²) in [7, 11) is 3.10. The first-order chi connectivity index (χ1) is 13.4. The van der Waals surface area contributed by atoms with E-state index in [-0.39, 0.29) is 10.2 Å². The highest BCUT2D eigenvalue weighted by Gasteiger charge is 2.33. The molecule has 0 spiro atoms. The molecule has 1 N–H and O–H groups in total. The Kier molecular flexibility index (Phi) is 6.01. The first-order valence-electron chi connectivity index (χ1n) is 8.30. The zero-order valence-electron chi connectivity index (χ0n) is 15.5. The number of thioether (sulfide) groups is 1. The molecule has 0 aliphatic carbocycles. The summed E-state index contributed by atoms with van der Waals surface area (Å²) in [5.74, 6) is 0.367. The average molecular weight is 415 g/mol. The lowest BCUT2D eigenvalue weighted by molar-refractivity contribution is -0.123. The second-order valence-corrected chi connectivity index (χ2v) is 7.61. The third-order valence-electron chi connectivity index (χ3n) is 4.03.